The average molecular weight is 536 g/mol. The molecule has 8 aromatic rings. The van der Waals surface area contributed by atoms with Crippen LogP contribution in [-0.4, -0.2) is 15.0 Å². The largest absolute Gasteiger partial charge is 0.217 e. The summed E-state index contributed by atoms with van der Waals surface area (Å²) in [4.78, 5) is 13.5. The van der Waals surface area contributed by atoms with Gasteiger partial charge in [0.2, 0.25) is 0 Å². The summed E-state index contributed by atoms with van der Waals surface area (Å²) >= 11 is 0. The van der Waals surface area contributed by atoms with Gasteiger partial charge in [-0.25, -0.2) is 15.0 Å². The highest BCUT2D eigenvalue weighted by atomic mass is 15.0. The van der Waals surface area contributed by atoms with E-state index in [9.17, 15) is 0 Å². The van der Waals surface area contributed by atoms with Crippen LogP contribution in [0.2, 0.25) is 0 Å². The van der Waals surface area contributed by atoms with Crippen LogP contribution in [0.1, 0.15) is 0 Å². The van der Waals surface area contributed by atoms with E-state index in [1.165, 1.54) is 49.0 Å². The third kappa shape index (κ3) is 4.20. The molecule has 0 spiro atoms. The van der Waals surface area contributed by atoms with E-state index in [-0.39, 0.29) is 0 Å². The van der Waals surface area contributed by atoms with Gasteiger partial charge in [0.1, 0.15) is 6.33 Å². The average Bonchev–Trinajstić information content (AvgIpc) is 3.09. The Morgan fingerprint density at radius 1 is 0.286 bits per heavy atom. The molecule has 42 heavy (non-hydrogen) atoms. The Balaban J connectivity index is 1.11. The van der Waals surface area contributed by atoms with Gasteiger partial charge in [-0.1, -0.05) is 140 Å². The number of rotatable bonds is 4. The van der Waals surface area contributed by atoms with Crippen molar-refractivity contribution < 1.29 is 0 Å². The fourth-order valence-corrected chi connectivity index (χ4v) is 5.92. The van der Waals surface area contributed by atoms with E-state index < -0.39 is 0 Å². The lowest BCUT2D eigenvalue weighted by Crippen LogP contribution is -1.95. The number of benzene rings is 7. The lowest BCUT2D eigenvalue weighted by atomic mass is 9.92. The summed E-state index contributed by atoms with van der Waals surface area (Å²) < 4.78 is 0. The van der Waals surface area contributed by atoms with E-state index in [0.29, 0.717) is 11.6 Å². The fraction of sp³-hybridized carbons (Fsp3) is 0. The number of hydrogen-bond donors (Lipinski definition) is 0. The molecule has 0 aliphatic heterocycles. The SMILES string of the molecule is c1ccc(-c2ncnc(-c3ccc(-c4ccc(-c5ccc6c7ccccc7c7ccccc7c6c5)cc4)cc3)n2)cc1. The second-order valence-corrected chi connectivity index (χ2v) is 10.5. The van der Waals surface area contributed by atoms with Crippen LogP contribution in [0.5, 0.6) is 0 Å². The molecule has 1 aromatic heterocycles. The minimum atomic E-state index is 0.669. The summed E-state index contributed by atoms with van der Waals surface area (Å²) in [6, 6.07) is 51.5. The monoisotopic (exact) mass is 535 g/mol. The minimum Gasteiger partial charge on any atom is -0.217 e. The molecule has 0 aliphatic rings. The van der Waals surface area contributed by atoms with E-state index in [2.05, 4.69) is 125 Å². The summed E-state index contributed by atoms with van der Waals surface area (Å²) in [5.41, 5.74) is 6.68. The van der Waals surface area contributed by atoms with Crippen LogP contribution >= 0.6 is 0 Å². The van der Waals surface area contributed by atoms with Crippen LogP contribution < -0.4 is 0 Å². The molecular weight excluding hydrogens is 510 g/mol. The molecular formula is C39H25N3. The standard InChI is InChI=1S/C39H25N3/c1-2-8-29(9-3-1)38-40-25-41-39(42-38)30-20-18-27(19-21-30)26-14-16-28(17-15-26)31-22-23-36-34-12-5-4-10-32(34)33-11-6-7-13-35(33)37(36)24-31/h1-25H. The molecule has 0 unspecified atom stereocenters. The maximum Gasteiger partial charge on any atom is 0.163 e. The highest BCUT2D eigenvalue weighted by Gasteiger charge is 2.10. The van der Waals surface area contributed by atoms with Gasteiger partial charge in [-0.2, -0.15) is 0 Å². The van der Waals surface area contributed by atoms with Crippen LogP contribution in [0.25, 0.3) is 77.3 Å². The zero-order chi connectivity index (χ0) is 27.9. The quantitative estimate of drug-likeness (QED) is 0.211. The molecule has 0 saturated carbocycles. The molecule has 0 amide bonds. The molecule has 0 N–H and O–H groups in total. The van der Waals surface area contributed by atoms with Crippen LogP contribution in [0.3, 0.4) is 0 Å². The molecule has 3 nitrogen and oxygen atoms in total. The van der Waals surface area contributed by atoms with Crippen molar-refractivity contribution in [1.82, 2.24) is 15.0 Å². The van der Waals surface area contributed by atoms with E-state index in [4.69, 9.17) is 4.98 Å². The lowest BCUT2D eigenvalue weighted by Gasteiger charge is -2.12. The second kappa shape index (κ2) is 10.1. The van der Waals surface area contributed by atoms with E-state index in [1.54, 1.807) is 6.33 Å². The highest BCUT2D eigenvalue weighted by molar-refractivity contribution is 6.25. The maximum absolute atomic E-state index is 4.70. The van der Waals surface area contributed by atoms with E-state index >= 15 is 0 Å². The molecule has 0 fully saturated rings. The first-order valence-electron chi connectivity index (χ1n) is 14.1. The molecule has 0 aliphatic carbocycles. The fourth-order valence-electron chi connectivity index (χ4n) is 5.92. The Hall–Kier alpha value is -5.67. The van der Waals surface area contributed by atoms with Crippen molar-refractivity contribution in [2.45, 2.75) is 0 Å². The number of nitrogens with zero attached hydrogens (tertiary/aromatic N) is 3. The molecule has 0 saturated heterocycles. The van der Waals surface area contributed by atoms with Gasteiger partial charge in [-0.05, 0) is 60.6 Å². The van der Waals surface area contributed by atoms with Crippen molar-refractivity contribution in [3.05, 3.63) is 152 Å². The molecule has 3 heteroatoms. The van der Waals surface area contributed by atoms with Crippen LogP contribution in [0, 0.1) is 0 Å². The first-order chi connectivity index (χ1) is 20.8. The smallest absolute Gasteiger partial charge is 0.163 e. The van der Waals surface area contributed by atoms with Gasteiger partial charge in [0.25, 0.3) is 0 Å². The van der Waals surface area contributed by atoms with Crippen molar-refractivity contribution in [3.63, 3.8) is 0 Å². The molecule has 0 radical (unpaired) electrons. The normalized spacial score (nSPS) is 11.3. The lowest BCUT2D eigenvalue weighted by molar-refractivity contribution is 1.07. The summed E-state index contributed by atoms with van der Waals surface area (Å²) in [5, 5.41) is 7.76. The zero-order valence-corrected chi connectivity index (χ0v) is 22.8. The summed E-state index contributed by atoms with van der Waals surface area (Å²) in [7, 11) is 0. The molecule has 196 valence electrons. The van der Waals surface area contributed by atoms with Crippen molar-refractivity contribution in [3.8, 4) is 45.0 Å². The number of fused-ring (bicyclic) bond motifs is 6. The van der Waals surface area contributed by atoms with Crippen molar-refractivity contribution in [2.24, 2.45) is 0 Å². The van der Waals surface area contributed by atoms with Gasteiger partial charge in [0.15, 0.2) is 11.6 Å². The van der Waals surface area contributed by atoms with E-state index in [0.717, 1.165) is 16.7 Å². The summed E-state index contributed by atoms with van der Waals surface area (Å²) in [6.45, 7) is 0. The first-order valence-corrected chi connectivity index (χ1v) is 14.1. The Kier molecular flexibility index (Phi) is 5.79. The highest BCUT2D eigenvalue weighted by Crippen LogP contribution is 2.37. The van der Waals surface area contributed by atoms with Gasteiger partial charge >= 0.3 is 0 Å². The Bertz CT molecular complexity index is 2180. The van der Waals surface area contributed by atoms with Gasteiger partial charge in [-0.3, -0.25) is 0 Å². The topological polar surface area (TPSA) is 38.7 Å². The molecule has 0 bridgehead atoms. The number of aromatic nitrogens is 3. The van der Waals surface area contributed by atoms with Gasteiger partial charge < -0.3 is 0 Å². The van der Waals surface area contributed by atoms with Gasteiger partial charge in [-0.15, -0.1) is 0 Å². The van der Waals surface area contributed by atoms with Gasteiger partial charge in [0, 0.05) is 11.1 Å². The Morgan fingerprint density at radius 2 is 0.667 bits per heavy atom. The number of hydrogen-bond acceptors (Lipinski definition) is 3. The van der Waals surface area contributed by atoms with Crippen molar-refractivity contribution in [1.29, 1.82) is 0 Å². The third-order valence-corrected chi connectivity index (χ3v) is 8.04. The van der Waals surface area contributed by atoms with Crippen LogP contribution in [0.4, 0.5) is 0 Å². The third-order valence-electron chi connectivity index (χ3n) is 8.04. The predicted molar refractivity (Wildman–Crippen MR) is 174 cm³/mol. The molecule has 1 heterocycles. The Morgan fingerprint density at radius 3 is 1.21 bits per heavy atom. The summed E-state index contributed by atoms with van der Waals surface area (Å²) in [6.07, 6.45) is 1.58. The summed E-state index contributed by atoms with van der Waals surface area (Å²) in [5.74, 6) is 1.34. The molecule has 8 rings (SSSR count). The Labute approximate surface area is 243 Å². The molecule has 7 aromatic carbocycles. The van der Waals surface area contributed by atoms with Crippen molar-refractivity contribution >= 4 is 32.3 Å². The predicted octanol–water partition coefficient (Wildman–Crippen LogP) is 10.00. The van der Waals surface area contributed by atoms with Crippen LogP contribution in [-0.2, 0) is 0 Å². The first kappa shape index (κ1) is 24.2. The van der Waals surface area contributed by atoms with E-state index in [1.807, 2.05) is 30.3 Å². The van der Waals surface area contributed by atoms with Crippen LogP contribution in [0.15, 0.2) is 152 Å². The maximum atomic E-state index is 4.70. The van der Waals surface area contributed by atoms with Gasteiger partial charge in [0.05, 0.1) is 0 Å². The van der Waals surface area contributed by atoms with Crippen molar-refractivity contribution in [2.75, 3.05) is 0 Å². The second-order valence-electron chi connectivity index (χ2n) is 10.5. The minimum absolute atomic E-state index is 0.669. The zero-order valence-electron chi connectivity index (χ0n) is 22.8. The molecule has 0 atom stereocenters.